The first-order chi connectivity index (χ1) is 10.6. The lowest BCUT2D eigenvalue weighted by Gasteiger charge is -2.57. The average molecular weight is 300 g/mol. The van der Waals surface area contributed by atoms with E-state index in [0.29, 0.717) is 11.7 Å². The second kappa shape index (κ2) is 5.02. The standard InChI is InChI=1S/C19H24O3/c1-21-17-7-12(6-16(20)9-17)8-18-15-4-13-3-14(5-15)11-19(18,10-13)22-2/h6-9,13-15,20H,3-5,10-11H2,1-2H3. The predicted molar refractivity (Wildman–Crippen MR) is 85.9 cm³/mol. The molecule has 0 amide bonds. The number of benzene rings is 1. The maximum Gasteiger partial charge on any atom is 0.123 e. The predicted octanol–water partition coefficient (Wildman–Crippen LogP) is 4.01. The van der Waals surface area contributed by atoms with Gasteiger partial charge in [-0.25, -0.2) is 0 Å². The van der Waals surface area contributed by atoms with Crippen LogP contribution in [0.2, 0.25) is 0 Å². The fraction of sp³-hybridized carbons (Fsp3) is 0.579. The lowest BCUT2D eigenvalue weighted by molar-refractivity contribution is -0.0997. The highest BCUT2D eigenvalue weighted by molar-refractivity contribution is 5.60. The Bertz CT molecular complexity index is 605. The van der Waals surface area contributed by atoms with Crippen LogP contribution in [0, 0.1) is 17.8 Å². The summed E-state index contributed by atoms with van der Waals surface area (Å²) in [6, 6.07) is 5.44. The molecule has 4 aliphatic carbocycles. The third-order valence-corrected chi connectivity index (χ3v) is 5.97. The van der Waals surface area contributed by atoms with Crippen molar-refractivity contribution in [1.82, 2.24) is 0 Å². The van der Waals surface area contributed by atoms with E-state index < -0.39 is 0 Å². The van der Waals surface area contributed by atoms with Crippen molar-refractivity contribution in [3.8, 4) is 11.5 Å². The van der Waals surface area contributed by atoms with Gasteiger partial charge in [0.05, 0.1) is 12.7 Å². The molecule has 3 heteroatoms. The van der Waals surface area contributed by atoms with Crippen LogP contribution in [-0.4, -0.2) is 24.9 Å². The van der Waals surface area contributed by atoms with Gasteiger partial charge in [-0.15, -0.1) is 0 Å². The molecule has 4 saturated carbocycles. The smallest absolute Gasteiger partial charge is 0.123 e. The molecular formula is C19H24O3. The van der Waals surface area contributed by atoms with Gasteiger partial charge in [0.15, 0.2) is 0 Å². The minimum Gasteiger partial charge on any atom is -0.508 e. The summed E-state index contributed by atoms with van der Waals surface area (Å²) < 4.78 is 11.3. The van der Waals surface area contributed by atoms with E-state index in [4.69, 9.17) is 9.47 Å². The molecule has 0 spiro atoms. The fourth-order valence-electron chi connectivity index (χ4n) is 5.30. The van der Waals surface area contributed by atoms with E-state index in [1.54, 1.807) is 13.2 Å². The molecular weight excluding hydrogens is 276 g/mol. The molecule has 0 heterocycles. The molecule has 3 nitrogen and oxygen atoms in total. The molecule has 2 atom stereocenters. The van der Waals surface area contributed by atoms with Crippen LogP contribution < -0.4 is 4.74 Å². The maximum atomic E-state index is 9.89. The second-order valence-electron chi connectivity index (χ2n) is 7.31. The normalized spacial score (nSPS) is 37.7. The molecule has 1 aromatic rings. The number of hydrogen-bond donors (Lipinski definition) is 1. The lowest BCUT2D eigenvalue weighted by Crippen LogP contribution is -2.53. The van der Waals surface area contributed by atoms with Crippen LogP contribution in [0.15, 0.2) is 23.8 Å². The summed E-state index contributed by atoms with van der Waals surface area (Å²) >= 11 is 0. The van der Waals surface area contributed by atoms with E-state index in [9.17, 15) is 5.11 Å². The minimum atomic E-state index is -0.0621. The first-order valence-electron chi connectivity index (χ1n) is 8.27. The number of methoxy groups -OCH3 is 2. The minimum absolute atomic E-state index is 0.0621. The lowest BCUT2D eigenvalue weighted by atomic mass is 9.52. The zero-order valence-corrected chi connectivity index (χ0v) is 13.3. The quantitative estimate of drug-likeness (QED) is 0.916. The molecule has 0 saturated heterocycles. The molecule has 4 bridgehead atoms. The van der Waals surface area contributed by atoms with Crippen LogP contribution in [-0.2, 0) is 4.74 Å². The van der Waals surface area contributed by atoms with Crippen molar-refractivity contribution in [2.75, 3.05) is 14.2 Å². The van der Waals surface area contributed by atoms with Crippen molar-refractivity contribution in [2.24, 2.45) is 17.8 Å². The Hall–Kier alpha value is -1.48. The van der Waals surface area contributed by atoms with Crippen molar-refractivity contribution in [3.63, 3.8) is 0 Å². The van der Waals surface area contributed by atoms with Gasteiger partial charge in [0.25, 0.3) is 0 Å². The Morgan fingerprint density at radius 1 is 1.09 bits per heavy atom. The van der Waals surface area contributed by atoms with E-state index in [1.807, 2.05) is 19.2 Å². The van der Waals surface area contributed by atoms with Crippen molar-refractivity contribution in [3.05, 3.63) is 29.3 Å². The van der Waals surface area contributed by atoms with Crippen molar-refractivity contribution in [2.45, 2.75) is 37.7 Å². The first kappa shape index (κ1) is 14.1. The second-order valence-corrected chi connectivity index (χ2v) is 7.31. The summed E-state index contributed by atoms with van der Waals surface area (Å²) in [6.45, 7) is 0. The molecule has 0 aromatic heterocycles. The third kappa shape index (κ3) is 2.14. The van der Waals surface area contributed by atoms with E-state index in [-0.39, 0.29) is 11.4 Å². The van der Waals surface area contributed by atoms with Crippen molar-refractivity contribution >= 4 is 6.08 Å². The largest absolute Gasteiger partial charge is 0.508 e. The van der Waals surface area contributed by atoms with Gasteiger partial charge in [0, 0.05) is 13.2 Å². The Labute approximate surface area is 131 Å². The molecule has 2 unspecified atom stereocenters. The third-order valence-electron chi connectivity index (χ3n) is 5.97. The van der Waals surface area contributed by atoms with Gasteiger partial charge in [-0.2, -0.15) is 0 Å². The molecule has 4 aliphatic rings. The highest BCUT2D eigenvalue weighted by Crippen LogP contribution is 2.60. The number of aromatic hydroxyl groups is 1. The number of phenols is 1. The van der Waals surface area contributed by atoms with Crippen LogP contribution >= 0.6 is 0 Å². The summed E-state index contributed by atoms with van der Waals surface area (Å²) in [5.74, 6) is 3.28. The Morgan fingerprint density at radius 3 is 2.45 bits per heavy atom. The van der Waals surface area contributed by atoms with Gasteiger partial charge in [-0.3, -0.25) is 0 Å². The summed E-state index contributed by atoms with van der Waals surface area (Å²) in [5, 5.41) is 9.89. The molecule has 0 radical (unpaired) electrons. The van der Waals surface area contributed by atoms with E-state index >= 15 is 0 Å². The molecule has 5 rings (SSSR count). The van der Waals surface area contributed by atoms with Gasteiger partial charge in [-0.05, 0) is 73.1 Å². The average Bonchev–Trinajstić information content (AvgIpc) is 2.49. The van der Waals surface area contributed by atoms with Gasteiger partial charge < -0.3 is 14.6 Å². The highest BCUT2D eigenvalue weighted by atomic mass is 16.5. The molecule has 118 valence electrons. The summed E-state index contributed by atoms with van der Waals surface area (Å²) in [6.07, 6.45) is 8.59. The number of phenolic OH excluding ortho intramolecular Hbond substituents is 1. The van der Waals surface area contributed by atoms with Crippen LogP contribution in [0.4, 0.5) is 0 Å². The van der Waals surface area contributed by atoms with E-state index in [2.05, 4.69) is 6.08 Å². The zero-order chi connectivity index (χ0) is 15.3. The Balaban J connectivity index is 1.76. The molecule has 1 N–H and O–H groups in total. The van der Waals surface area contributed by atoms with Gasteiger partial charge in [0.2, 0.25) is 0 Å². The number of hydrogen-bond acceptors (Lipinski definition) is 3. The molecule has 22 heavy (non-hydrogen) atoms. The van der Waals surface area contributed by atoms with Crippen LogP contribution in [0.3, 0.4) is 0 Å². The molecule has 0 aliphatic heterocycles. The number of ether oxygens (including phenoxy) is 2. The molecule has 4 fully saturated rings. The van der Waals surface area contributed by atoms with Crippen LogP contribution in [0.5, 0.6) is 11.5 Å². The summed E-state index contributed by atoms with van der Waals surface area (Å²) in [7, 11) is 3.50. The van der Waals surface area contributed by atoms with Gasteiger partial charge >= 0.3 is 0 Å². The number of rotatable bonds is 3. The van der Waals surface area contributed by atoms with Crippen LogP contribution in [0.25, 0.3) is 6.08 Å². The van der Waals surface area contributed by atoms with Gasteiger partial charge in [0.1, 0.15) is 11.5 Å². The first-order valence-corrected chi connectivity index (χ1v) is 8.27. The zero-order valence-electron chi connectivity index (χ0n) is 13.3. The van der Waals surface area contributed by atoms with Gasteiger partial charge in [-0.1, -0.05) is 6.08 Å². The topological polar surface area (TPSA) is 38.7 Å². The maximum absolute atomic E-state index is 9.89. The summed E-state index contributed by atoms with van der Waals surface area (Å²) in [4.78, 5) is 0. The summed E-state index contributed by atoms with van der Waals surface area (Å²) in [5.41, 5.74) is 2.39. The SMILES string of the molecule is COc1cc(O)cc(C=C2C3CC4CC(C3)CC2(OC)C4)c1. The van der Waals surface area contributed by atoms with E-state index in [0.717, 1.165) is 30.2 Å². The molecule has 1 aromatic carbocycles. The van der Waals surface area contributed by atoms with Crippen LogP contribution in [0.1, 0.15) is 37.7 Å². The van der Waals surface area contributed by atoms with E-state index in [1.165, 1.54) is 24.8 Å². The fourth-order valence-corrected chi connectivity index (χ4v) is 5.30. The highest BCUT2D eigenvalue weighted by Gasteiger charge is 2.54. The Kier molecular flexibility index (Phi) is 3.23. The van der Waals surface area contributed by atoms with Crippen molar-refractivity contribution < 1.29 is 14.6 Å². The van der Waals surface area contributed by atoms with Crippen molar-refractivity contribution in [1.29, 1.82) is 0 Å². The Morgan fingerprint density at radius 2 is 1.82 bits per heavy atom. The monoisotopic (exact) mass is 300 g/mol.